The van der Waals surface area contributed by atoms with E-state index in [-0.39, 0.29) is 16.4 Å². The summed E-state index contributed by atoms with van der Waals surface area (Å²) in [5.41, 5.74) is 0.0564. The van der Waals surface area contributed by atoms with Gasteiger partial charge in [-0.25, -0.2) is 9.36 Å². The third-order valence-corrected chi connectivity index (χ3v) is 10.6. The molecule has 0 N–H and O–H groups in total. The Morgan fingerprint density at radius 3 is 2.06 bits per heavy atom. The summed E-state index contributed by atoms with van der Waals surface area (Å²) in [7, 11) is -2.49. The van der Waals surface area contributed by atoms with E-state index >= 15 is 0 Å². The summed E-state index contributed by atoms with van der Waals surface area (Å²) in [5.74, 6) is 0.254. The van der Waals surface area contributed by atoms with E-state index in [2.05, 4.69) is 20.8 Å². The molecule has 0 aliphatic heterocycles. The molecule has 0 aliphatic rings. The zero-order chi connectivity index (χ0) is 26.4. The molecule has 0 aliphatic carbocycles. The molecule has 0 saturated carbocycles. The van der Waals surface area contributed by atoms with E-state index < -0.39 is 31.8 Å². The van der Waals surface area contributed by atoms with Crippen LogP contribution in [0.4, 0.5) is 18.0 Å². The van der Waals surface area contributed by atoms with Gasteiger partial charge in [0.1, 0.15) is 5.60 Å². The Bertz CT molecular complexity index is 1220. The number of hydrogen-bond donors (Lipinski definition) is 0. The van der Waals surface area contributed by atoms with Crippen LogP contribution < -0.4 is 4.43 Å². The van der Waals surface area contributed by atoms with Gasteiger partial charge in [0.05, 0.1) is 11.1 Å². The van der Waals surface area contributed by atoms with E-state index in [1.54, 1.807) is 20.8 Å². The van der Waals surface area contributed by atoms with Crippen LogP contribution in [0, 0.1) is 0 Å². The number of alkyl halides is 3. The van der Waals surface area contributed by atoms with Gasteiger partial charge in [0.15, 0.2) is 5.88 Å². The van der Waals surface area contributed by atoms with Crippen LogP contribution in [0.5, 0.6) is 5.88 Å². The topological polar surface area (TPSA) is 40.5 Å². The lowest BCUT2D eigenvalue weighted by Gasteiger charge is -2.37. The molecule has 0 radical (unpaired) electrons. The van der Waals surface area contributed by atoms with E-state index in [1.807, 2.05) is 43.4 Å². The molecule has 8 heteroatoms. The van der Waals surface area contributed by atoms with Crippen LogP contribution in [-0.4, -0.2) is 24.6 Å². The first-order chi connectivity index (χ1) is 15.9. The molecule has 0 saturated heterocycles. The van der Waals surface area contributed by atoms with Crippen molar-refractivity contribution in [2.75, 3.05) is 0 Å². The van der Waals surface area contributed by atoms with Gasteiger partial charge in [-0.2, -0.15) is 13.2 Å². The van der Waals surface area contributed by atoms with Crippen molar-refractivity contribution >= 4 is 25.3 Å². The van der Waals surface area contributed by atoms with E-state index in [1.165, 1.54) is 10.6 Å². The van der Waals surface area contributed by atoms with E-state index in [9.17, 15) is 18.0 Å². The van der Waals surface area contributed by atoms with E-state index in [4.69, 9.17) is 9.16 Å². The normalized spacial score (nSPS) is 13.2. The summed E-state index contributed by atoms with van der Waals surface area (Å²) >= 11 is 0. The molecular formula is C27H34F3NO3Si. The molecule has 3 rings (SSSR count). The highest BCUT2D eigenvalue weighted by Gasteiger charge is 2.42. The monoisotopic (exact) mass is 505 g/mol. The van der Waals surface area contributed by atoms with Crippen molar-refractivity contribution in [3.05, 3.63) is 65.2 Å². The highest BCUT2D eigenvalue weighted by Crippen LogP contribution is 2.43. The molecule has 35 heavy (non-hydrogen) atoms. The number of aromatic nitrogens is 1. The standard InChI is InChI=1S/C27H34F3NO3Si/c1-25(2,3)33-24(32)31-22-17-19(27(28,29)30)14-15-20(22)21(16-18-12-10-9-11-13-18)23(31)34-35(7,8)26(4,5)6/h9-15,17H,16H2,1-8H3. The first-order valence-corrected chi connectivity index (χ1v) is 14.5. The molecule has 4 nitrogen and oxygen atoms in total. The highest BCUT2D eigenvalue weighted by atomic mass is 28.4. The van der Waals surface area contributed by atoms with Crippen molar-refractivity contribution < 1.29 is 27.1 Å². The Morgan fingerprint density at radius 2 is 1.54 bits per heavy atom. The average molecular weight is 506 g/mol. The Labute approximate surface area is 206 Å². The van der Waals surface area contributed by atoms with Gasteiger partial charge in [-0.1, -0.05) is 57.2 Å². The van der Waals surface area contributed by atoms with Gasteiger partial charge in [0.2, 0.25) is 0 Å². The van der Waals surface area contributed by atoms with Crippen LogP contribution >= 0.6 is 0 Å². The Hall–Kier alpha value is -2.74. The fourth-order valence-electron chi connectivity index (χ4n) is 3.47. The molecule has 0 bridgehead atoms. The lowest BCUT2D eigenvalue weighted by atomic mass is 10.0. The molecule has 2 aromatic carbocycles. The molecule has 0 unspecified atom stereocenters. The SMILES string of the molecule is CC(C)(C)OC(=O)n1c(O[Si](C)(C)C(C)(C)C)c(Cc2ccccc2)c2ccc(C(F)(F)F)cc21. The molecule has 3 aromatic rings. The van der Waals surface area contributed by atoms with Crippen molar-refractivity contribution in [2.24, 2.45) is 0 Å². The fourth-order valence-corrected chi connectivity index (χ4v) is 4.47. The van der Waals surface area contributed by atoms with E-state index in [0.29, 0.717) is 17.4 Å². The summed E-state index contributed by atoms with van der Waals surface area (Å²) in [4.78, 5) is 13.5. The summed E-state index contributed by atoms with van der Waals surface area (Å²) in [5, 5.41) is 0.324. The molecule has 0 spiro atoms. The second kappa shape index (κ2) is 9.04. The number of halogens is 3. The van der Waals surface area contributed by atoms with Gasteiger partial charge in [0.25, 0.3) is 8.32 Å². The quantitative estimate of drug-likeness (QED) is 0.334. The smallest absolute Gasteiger partial charge is 0.421 e. The van der Waals surface area contributed by atoms with Crippen molar-refractivity contribution in [3.8, 4) is 5.88 Å². The number of ether oxygens (including phenoxy) is 1. The summed E-state index contributed by atoms with van der Waals surface area (Å²) in [6.45, 7) is 15.4. The van der Waals surface area contributed by atoms with Crippen LogP contribution in [0.1, 0.15) is 58.2 Å². The Balaban J connectivity index is 2.37. The maximum absolute atomic E-state index is 13.7. The van der Waals surface area contributed by atoms with Crippen molar-refractivity contribution in [2.45, 2.75) is 77.9 Å². The van der Waals surface area contributed by atoms with Crippen LogP contribution in [-0.2, 0) is 17.3 Å². The minimum Gasteiger partial charge on any atom is -0.531 e. The first kappa shape index (κ1) is 26.9. The van der Waals surface area contributed by atoms with Crippen LogP contribution in [0.3, 0.4) is 0 Å². The zero-order valence-electron chi connectivity index (χ0n) is 21.6. The zero-order valence-corrected chi connectivity index (χ0v) is 22.6. The Morgan fingerprint density at radius 1 is 0.943 bits per heavy atom. The van der Waals surface area contributed by atoms with Gasteiger partial charge in [-0.15, -0.1) is 0 Å². The molecule has 0 fully saturated rings. The maximum atomic E-state index is 13.7. The lowest BCUT2D eigenvalue weighted by molar-refractivity contribution is -0.137. The number of nitrogens with zero attached hydrogens (tertiary/aromatic N) is 1. The van der Waals surface area contributed by atoms with Gasteiger partial charge in [-0.05, 0) is 56.6 Å². The van der Waals surface area contributed by atoms with Gasteiger partial charge >= 0.3 is 12.3 Å². The fraction of sp³-hybridized carbons (Fsp3) is 0.444. The van der Waals surface area contributed by atoms with Crippen molar-refractivity contribution in [1.29, 1.82) is 0 Å². The molecule has 1 aromatic heterocycles. The summed E-state index contributed by atoms with van der Waals surface area (Å²) in [6.07, 6.45) is -4.94. The largest absolute Gasteiger partial charge is 0.531 e. The maximum Gasteiger partial charge on any atom is 0.421 e. The third-order valence-electron chi connectivity index (χ3n) is 6.31. The number of carbonyl (C=O) groups excluding carboxylic acids is 1. The number of benzene rings is 2. The number of hydrogen-bond acceptors (Lipinski definition) is 3. The molecule has 0 atom stereocenters. The lowest BCUT2D eigenvalue weighted by Crippen LogP contribution is -2.45. The predicted octanol–water partition coefficient (Wildman–Crippen LogP) is 8.42. The number of rotatable bonds is 4. The molecule has 1 heterocycles. The minimum atomic E-state index is -4.56. The van der Waals surface area contributed by atoms with E-state index in [0.717, 1.165) is 17.7 Å². The summed E-state index contributed by atoms with van der Waals surface area (Å²) < 4.78 is 54.5. The number of carbonyl (C=O) groups is 1. The van der Waals surface area contributed by atoms with Gasteiger partial charge in [-0.3, -0.25) is 0 Å². The predicted molar refractivity (Wildman–Crippen MR) is 136 cm³/mol. The van der Waals surface area contributed by atoms with Crippen molar-refractivity contribution in [1.82, 2.24) is 4.57 Å². The molecule has 0 amide bonds. The summed E-state index contributed by atoms with van der Waals surface area (Å²) in [6, 6.07) is 13.1. The molecular weight excluding hydrogens is 471 g/mol. The number of fused-ring (bicyclic) bond motifs is 1. The van der Waals surface area contributed by atoms with Crippen molar-refractivity contribution in [3.63, 3.8) is 0 Å². The Kier molecular flexibility index (Phi) is 6.94. The van der Waals surface area contributed by atoms with Crippen LogP contribution in [0.15, 0.2) is 48.5 Å². The minimum absolute atomic E-state index is 0.119. The third kappa shape index (κ3) is 5.91. The highest BCUT2D eigenvalue weighted by molar-refractivity contribution is 6.74. The first-order valence-electron chi connectivity index (χ1n) is 11.6. The second-order valence-corrected chi connectivity index (χ2v) is 16.1. The van der Waals surface area contributed by atoms with Gasteiger partial charge in [0, 0.05) is 17.4 Å². The van der Waals surface area contributed by atoms with Crippen LogP contribution in [0.2, 0.25) is 18.1 Å². The molecule has 190 valence electrons. The van der Waals surface area contributed by atoms with Gasteiger partial charge < -0.3 is 9.16 Å². The average Bonchev–Trinajstić information content (AvgIpc) is 2.98. The van der Waals surface area contributed by atoms with Crippen LogP contribution in [0.25, 0.3) is 10.9 Å². The second-order valence-electron chi connectivity index (χ2n) is 11.4.